The van der Waals surface area contributed by atoms with Crippen molar-refractivity contribution in [3.05, 3.63) is 12.2 Å². The van der Waals surface area contributed by atoms with Gasteiger partial charge in [-0.1, -0.05) is 6.08 Å². The maximum absolute atomic E-state index is 11.5. The van der Waals surface area contributed by atoms with Crippen molar-refractivity contribution in [1.82, 2.24) is 0 Å². The van der Waals surface area contributed by atoms with Gasteiger partial charge in [-0.25, -0.2) is 0 Å². The van der Waals surface area contributed by atoms with Gasteiger partial charge in [0.1, 0.15) is 12.2 Å². The minimum atomic E-state index is -4.32. The number of aliphatic hydroxyl groups is 1. The summed E-state index contributed by atoms with van der Waals surface area (Å²) in [5, 5.41) is 8.28. The first kappa shape index (κ1) is 20.1. The van der Waals surface area contributed by atoms with E-state index >= 15 is 0 Å². The van der Waals surface area contributed by atoms with Gasteiger partial charge >= 0.3 is 6.18 Å². The van der Waals surface area contributed by atoms with Crippen LogP contribution in [0.15, 0.2) is 12.2 Å². The van der Waals surface area contributed by atoms with Gasteiger partial charge in [0.2, 0.25) is 0 Å². The van der Waals surface area contributed by atoms with Crippen molar-refractivity contribution in [2.45, 2.75) is 46.1 Å². The molecule has 0 aromatic carbocycles. The van der Waals surface area contributed by atoms with Crippen LogP contribution in [0.1, 0.15) is 27.7 Å². The summed E-state index contributed by atoms with van der Waals surface area (Å²) in [6.45, 7) is 5.40. The fourth-order valence-electron chi connectivity index (χ4n) is 0.499. The van der Waals surface area contributed by atoms with Gasteiger partial charge in [-0.15, -0.1) is 0 Å². The van der Waals surface area contributed by atoms with Crippen molar-refractivity contribution < 1.29 is 32.6 Å². The Morgan fingerprint density at radius 1 is 1.21 bits per heavy atom. The second kappa shape index (κ2) is 9.69. The highest BCUT2D eigenvalue weighted by atomic mass is 19.4. The van der Waals surface area contributed by atoms with Crippen molar-refractivity contribution >= 4 is 11.6 Å². The maximum atomic E-state index is 11.5. The number of ketones is 2. The van der Waals surface area contributed by atoms with Gasteiger partial charge in [-0.05, 0) is 27.7 Å². The number of rotatable bonds is 5. The van der Waals surface area contributed by atoms with Crippen LogP contribution in [0.4, 0.5) is 13.2 Å². The van der Waals surface area contributed by atoms with Gasteiger partial charge in [0, 0.05) is 6.08 Å². The van der Waals surface area contributed by atoms with Gasteiger partial charge in [0.05, 0.1) is 6.61 Å². The van der Waals surface area contributed by atoms with E-state index in [0.717, 1.165) is 6.08 Å². The van der Waals surface area contributed by atoms with Crippen molar-refractivity contribution in [3.63, 3.8) is 0 Å². The third-order valence-corrected chi connectivity index (χ3v) is 1.91. The quantitative estimate of drug-likeness (QED) is 0.785. The number of alkyl halides is 3. The molecule has 2 atom stereocenters. The van der Waals surface area contributed by atoms with E-state index in [1.165, 1.54) is 27.7 Å². The molecule has 0 spiro atoms. The molecule has 0 aliphatic carbocycles. The zero-order chi connectivity index (χ0) is 15.6. The summed E-state index contributed by atoms with van der Waals surface area (Å²) in [5.41, 5.74) is 0. The molecule has 0 aromatic rings. The number of allylic oxidation sites excluding steroid dienone is 1. The lowest BCUT2D eigenvalue weighted by molar-refractivity contribution is -0.126. The van der Waals surface area contributed by atoms with Crippen LogP contribution in [0.5, 0.6) is 0 Å². The number of hydrogen-bond donors (Lipinski definition) is 1. The first-order valence-corrected chi connectivity index (χ1v) is 5.52. The maximum Gasteiger partial charge on any atom is 0.409 e. The minimum absolute atomic E-state index is 0.0832. The molecule has 19 heavy (non-hydrogen) atoms. The normalized spacial score (nSPS) is 14.5. The highest BCUT2D eigenvalue weighted by Gasteiger charge is 2.21. The van der Waals surface area contributed by atoms with Crippen LogP contribution in [0.2, 0.25) is 0 Å². The Kier molecular flexibility index (Phi) is 10.3. The van der Waals surface area contributed by atoms with Crippen LogP contribution in [0.25, 0.3) is 0 Å². The fourth-order valence-corrected chi connectivity index (χ4v) is 0.499. The number of carbonyl (C=O) groups is 2. The van der Waals surface area contributed by atoms with Gasteiger partial charge in [-0.3, -0.25) is 9.59 Å². The summed E-state index contributed by atoms with van der Waals surface area (Å²) in [7, 11) is 0. The number of aliphatic hydroxyl groups excluding tert-OH is 1. The van der Waals surface area contributed by atoms with E-state index in [2.05, 4.69) is 0 Å². The molecule has 0 unspecified atom stereocenters. The van der Waals surface area contributed by atoms with Crippen molar-refractivity contribution in [1.29, 1.82) is 0 Å². The zero-order valence-electron chi connectivity index (χ0n) is 11.3. The van der Waals surface area contributed by atoms with E-state index in [4.69, 9.17) is 9.84 Å². The third kappa shape index (κ3) is 16.8. The van der Waals surface area contributed by atoms with Crippen molar-refractivity contribution in [2.75, 3.05) is 6.61 Å². The third-order valence-electron chi connectivity index (χ3n) is 1.91. The summed E-state index contributed by atoms with van der Waals surface area (Å²) in [6.07, 6.45) is -4.84. The molecule has 0 heterocycles. The minimum Gasteiger partial charge on any atom is -0.386 e. The molecule has 0 amide bonds. The van der Waals surface area contributed by atoms with Crippen LogP contribution >= 0.6 is 0 Å². The second-order valence-corrected chi connectivity index (χ2v) is 3.82. The average Bonchev–Trinajstić information content (AvgIpc) is 2.23. The number of carbonyl (C=O) groups excluding carboxylic acids is 2. The number of ether oxygens (including phenoxy) is 1. The van der Waals surface area contributed by atoms with Gasteiger partial charge in [0.15, 0.2) is 11.6 Å². The smallest absolute Gasteiger partial charge is 0.386 e. The molecule has 0 aromatic heterocycles. The fraction of sp³-hybridized carbons (Fsp3) is 0.667. The molecule has 1 N–H and O–H groups in total. The summed E-state index contributed by atoms with van der Waals surface area (Å²) in [4.78, 5) is 20.5. The highest BCUT2D eigenvalue weighted by Crippen LogP contribution is 2.15. The molecule has 0 aliphatic rings. The van der Waals surface area contributed by atoms with Crippen LogP contribution in [0.3, 0.4) is 0 Å². The Bertz CT molecular complexity index is 309. The molecule has 112 valence electrons. The predicted octanol–water partition coefficient (Wildman–Crippen LogP) is 2.06. The predicted molar refractivity (Wildman–Crippen MR) is 63.7 cm³/mol. The topological polar surface area (TPSA) is 63.6 Å². The number of Topliss-reactive ketones (excluding diaryl/α,β-unsaturated/α-hetero) is 2. The van der Waals surface area contributed by atoms with Crippen LogP contribution < -0.4 is 0 Å². The molecular weight excluding hydrogens is 265 g/mol. The van der Waals surface area contributed by atoms with E-state index in [9.17, 15) is 22.8 Å². The Hall–Kier alpha value is -1.21. The second-order valence-electron chi connectivity index (χ2n) is 3.82. The van der Waals surface area contributed by atoms with Crippen molar-refractivity contribution in [2.24, 2.45) is 0 Å². The molecule has 7 heteroatoms. The Morgan fingerprint density at radius 3 is 1.89 bits per heavy atom. The molecule has 0 fully saturated rings. The van der Waals surface area contributed by atoms with E-state index < -0.39 is 18.4 Å². The summed E-state index contributed by atoms with van der Waals surface area (Å²) >= 11 is 0. The standard InChI is InChI=1S/C8H11F3O2.C4H8O2/c1-6(12)7(2)13-5-3-4-8(9,10)11;1-3(5)4(2)6/h3-4,7H,5H2,1-2H3;3,5H,1-2H3/b4-3+;/t7-;3-/m00/s1. The molecule has 4 nitrogen and oxygen atoms in total. The molecule has 0 radical (unpaired) electrons. The van der Waals surface area contributed by atoms with Crippen LogP contribution in [0, 0.1) is 0 Å². The Balaban J connectivity index is 0. The Morgan fingerprint density at radius 2 is 1.63 bits per heavy atom. The summed E-state index contributed by atoms with van der Waals surface area (Å²) in [5.74, 6) is -0.393. The number of halogens is 3. The number of hydrogen-bond acceptors (Lipinski definition) is 4. The lowest BCUT2D eigenvalue weighted by atomic mass is 10.3. The van der Waals surface area contributed by atoms with E-state index in [1.807, 2.05) is 0 Å². The first-order valence-electron chi connectivity index (χ1n) is 5.52. The van der Waals surface area contributed by atoms with Crippen molar-refractivity contribution in [3.8, 4) is 0 Å². The average molecular weight is 284 g/mol. The largest absolute Gasteiger partial charge is 0.409 e. The molecule has 0 aliphatic heterocycles. The van der Waals surface area contributed by atoms with E-state index in [0.29, 0.717) is 0 Å². The van der Waals surface area contributed by atoms with Crippen LogP contribution in [-0.2, 0) is 14.3 Å². The van der Waals surface area contributed by atoms with Crippen LogP contribution in [-0.4, -0.2) is 41.7 Å². The SMILES string of the molecule is CC(=O)[C@H](C)O.CC(=O)[C@H](C)OC/C=C/C(F)(F)F. The van der Waals surface area contributed by atoms with Gasteiger partial charge in [0.25, 0.3) is 0 Å². The van der Waals surface area contributed by atoms with E-state index in [1.54, 1.807) is 0 Å². The van der Waals surface area contributed by atoms with E-state index in [-0.39, 0.29) is 24.2 Å². The molecule has 0 rings (SSSR count). The lowest BCUT2D eigenvalue weighted by Gasteiger charge is -2.06. The van der Waals surface area contributed by atoms with Gasteiger partial charge < -0.3 is 9.84 Å². The highest BCUT2D eigenvalue weighted by molar-refractivity contribution is 5.80. The Labute approximate surface area is 110 Å². The summed E-state index contributed by atoms with van der Waals surface area (Å²) in [6, 6.07) is 0. The monoisotopic (exact) mass is 284 g/mol. The molecule has 0 bridgehead atoms. The van der Waals surface area contributed by atoms with Gasteiger partial charge in [-0.2, -0.15) is 13.2 Å². The zero-order valence-corrected chi connectivity index (χ0v) is 11.3. The molecule has 0 saturated heterocycles. The molecular formula is C12H19F3O4. The lowest BCUT2D eigenvalue weighted by Crippen LogP contribution is -2.17. The first-order chi connectivity index (χ1) is 8.47. The molecule has 0 saturated carbocycles. The summed E-state index contributed by atoms with van der Waals surface area (Å²) < 4.78 is 39.4.